The van der Waals surface area contributed by atoms with Crippen molar-refractivity contribution in [3.8, 4) is 34.0 Å². The van der Waals surface area contributed by atoms with E-state index in [9.17, 15) is 9.50 Å². The zero-order valence-corrected chi connectivity index (χ0v) is 21.1. The summed E-state index contributed by atoms with van der Waals surface area (Å²) in [7, 11) is 1.45. The second-order valence-electron chi connectivity index (χ2n) is 11.0. The molecule has 1 aromatic carbocycles. The summed E-state index contributed by atoms with van der Waals surface area (Å²) in [4.78, 5) is 10.5. The van der Waals surface area contributed by atoms with E-state index in [-0.39, 0.29) is 34.8 Å². The lowest BCUT2D eigenvalue weighted by molar-refractivity contribution is 0.0828. The van der Waals surface area contributed by atoms with Crippen LogP contribution in [0.4, 0.5) is 14.7 Å². The molecule has 37 heavy (non-hydrogen) atoms. The van der Waals surface area contributed by atoms with E-state index in [1.807, 2.05) is 11.8 Å². The highest BCUT2D eigenvalue weighted by Gasteiger charge is 2.58. The van der Waals surface area contributed by atoms with Crippen molar-refractivity contribution in [1.29, 1.82) is 0 Å². The molecule has 0 spiro atoms. The van der Waals surface area contributed by atoms with E-state index in [4.69, 9.17) is 4.74 Å². The van der Waals surface area contributed by atoms with Gasteiger partial charge in [-0.2, -0.15) is 0 Å². The predicted octanol–water partition coefficient (Wildman–Crippen LogP) is 4.43. The molecule has 2 N–H and O–H groups in total. The molecule has 2 aromatic heterocycles. The second-order valence-corrected chi connectivity index (χ2v) is 11.0. The number of piperidine rings is 1. The van der Waals surface area contributed by atoms with Gasteiger partial charge in [0.25, 0.3) is 0 Å². The molecule has 10 heteroatoms. The van der Waals surface area contributed by atoms with E-state index in [0.717, 1.165) is 31.9 Å². The summed E-state index contributed by atoms with van der Waals surface area (Å²) >= 11 is 0. The molecule has 2 aliphatic heterocycles. The van der Waals surface area contributed by atoms with Crippen LogP contribution in [0.25, 0.3) is 22.4 Å². The van der Waals surface area contributed by atoms with Crippen molar-refractivity contribution < 1.29 is 18.6 Å². The Morgan fingerprint density at radius 3 is 2.57 bits per heavy atom. The third-order valence-electron chi connectivity index (χ3n) is 8.09. The maximum absolute atomic E-state index is 15.8. The van der Waals surface area contributed by atoms with Crippen molar-refractivity contribution in [2.24, 2.45) is 0 Å². The molecule has 0 amide bonds. The summed E-state index contributed by atoms with van der Waals surface area (Å²) in [5.41, 5.74) is 0.856. The number of alkyl halides is 1. The second kappa shape index (κ2) is 8.58. The zero-order chi connectivity index (χ0) is 25.9. The van der Waals surface area contributed by atoms with Crippen LogP contribution in [0.5, 0.6) is 11.6 Å². The van der Waals surface area contributed by atoms with E-state index in [0.29, 0.717) is 29.2 Å². The number of phenols is 1. The minimum absolute atomic E-state index is 0.0878. The van der Waals surface area contributed by atoms with Gasteiger partial charge >= 0.3 is 0 Å². The van der Waals surface area contributed by atoms with Crippen LogP contribution in [0, 0.1) is 5.82 Å². The van der Waals surface area contributed by atoms with Gasteiger partial charge in [-0.15, -0.1) is 10.2 Å². The van der Waals surface area contributed by atoms with Gasteiger partial charge in [0, 0.05) is 34.3 Å². The summed E-state index contributed by atoms with van der Waals surface area (Å²) < 4.78 is 35.3. The van der Waals surface area contributed by atoms with Gasteiger partial charge in [0.05, 0.1) is 25.5 Å². The molecule has 8 nitrogen and oxygen atoms in total. The molecule has 0 unspecified atom stereocenters. The van der Waals surface area contributed by atoms with Crippen LogP contribution in [0.3, 0.4) is 0 Å². The van der Waals surface area contributed by atoms with Gasteiger partial charge in [0.1, 0.15) is 23.4 Å². The molecule has 3 aliphatic rings. The van der Waals surface area contributed by atoms with Crippen LogP contribution in [0.1, 0.15) is 46.0 Å². The quantitative estimate of drug-likeness (QED) is 0.505. The van der Waals surface area contributed by atoms with Gasteiger partial charge in [0.15, 0.2) is 0 Å². The molecule has 3 fully saturated rings. The van der Waals surface area contributed by atoms with Crippen molar-refractivity contribution in [3.05, 3.63) is 42.5 Å². The number of hydrogen-bond donors (Lipinski definition) is 2. The Labute approximate surface area is 214 Å². The molecule has 1 saturated carbocycles. The number of nitrogens with one attached hydrogen (secondary N) is 1. The van der Waals surface area contributed by atoms with Crippen LogP contribution in [0.2, 0.25) is 0 Å². The van der Waals surface area contributed by atoms with Gasteiger partial charge in [-0.25, -0.2) is 18.7 Å². The number of nitrogens with zero attached hydrogens (tertiary/aromatic N) is 5. The van der Waals surface area contributed by atoms with Crippen molar-refractivity contribution in [2.45, 2.75) is 75.3 Å². The number of aromatic hydroxyl groups is 1. The third kappa shape index (κ3) is 4.17. The number of pyridine rings is 1. The standard InChI is InChI=1S/C27H30F2N6O2/c1-26-8-9-27(2,34-26)24(29)21(12-26)35(16-5-6-16)25-31-14-20(32-33-25)17-7-4-15(10-22(17)36)18-11-23(37-3)30-13-19(18)28/h4,7,10-11,13-14,16,21,24,34,36H,5-6,8-9,12H2,1-3H3/t21-,24-,26-,27+/m0/s1. The number of rotatable bonds is 6. The lowest BCUT2D eigenvalue weighted by Crippen LogP contribution is -2.66. The van der Waals surface area contributed by atoms with Gasteiger partial charge in [-0.05, 0) is 63.6 Å². The van der Waals surface area contributed by atoms with E-state index in [2.05, 4.69) is 32.4 Å². The van der Waals surface area contributed by atoms with Crippen molar-refractivity contribution in [2.75, 3.05) is 12.0 Å². The molecule has 1 aliphatic carbocycles. The Balaban J connectivity index is 1.28. The normalized spacial score (nSPS) is 28.8. The third-order valence-corrected chi connectivity index (χ3v) is 8.09. The van der Waals surface area contributed by atoms with Gasteiger partial charge in [0.2, 0.25) is 11.8 Å². The zero-order valence-electron chi connectivity index (χ0n) is 21.1. The lowest BCUT2D eigenvalue weighted by Gasteiger charge is -2.48. The highest BCUT2D eigenvalue weighted by atomic mass is 19.1. The number of ether oxygens (including phenoxy) is 1. The number of halogens is 2. The first-order valence-corrected chi connectivity index (χ1v) is 12.6. The average Bonchev–Trinajstić information content (AvgIpc) is 3.68. The summed E-state index contributed by atoms with van der Waals surface area (Å²) in [6.07, 6.45) is 5.98. The minimum atomic E-state index is -1.05. The van der Waals surface area contributed by atoms with Crippen LogP contribution in [0.15, 0.2) is 36.7 Å². The van der Waals surface area contributed by atoms with Crippen molar-refractivity contribution in [1.82, 2.24) is 25.5 Å². The summed E-state index contributed by atoms with van der Waals surface area (Å²) in [5.74, 6) is 0.0647. The number of benzene rings is 1. The highest BCUT2D eigenvalue weighted by Crippen LogP contribution is 2.47. The fourth-order valence-corrected chi connectivity index (χ4v) is 6.05. The Morgan fingerprint density at radius 2 is 1.89 bits per heavy atom. The first-order chi connectivity index (χ1) is 17.7. The first kappa shape index (κ1) is 24.0. The summed E-state index contributed by atoms with van der Waals surface area (Å²) in [6.45, 7) is 4.15. The average molecular weight is 509 g/mol. The Hall–Kier alpha value is -3.40. The topological polar surface area (TPSA) is 96.3 Å². The number of hydrogen-bond acceptors (Lipinski definition) is 8. The Kier molecular flexibility index (Phi) is 5.56. The molecule has 6 rings (SSSR count). The molecule has 4 atom stereocenters. The predicted molar refractivity (Wildman–Crippen MR) is 135 cm³/mol. The molecule has 4 heterocycles. The van der Waals surface area contributed by atoms with Gasteiger partial charge < -0.3 is 20.1 Å². The lowest BCUT2D eigenvalue weighted by atomic mass is 9.82. The van der Waals surface area contributed by atoms with E-state index in [1.165, 1.54) is 19.2 Å². The molecular formula is C27H30F2N6O2. The van der Waals surface area contributed by atoms with Crippen molar-refractivity contribution in [3.63, 3.8) is 0 Å². The largest absolute Gasteiger partial charge is 0.507 e. The van der Waals surface area contributed by atoms with Crippen LogP contribution in [-0.4, -0.2) is 61.7 Å². The van der Waals surface area contributed by atoms with Gasteiger partial charge in [-0.3, -0.25) is 0 Å². The van der Waals surface area contributed by atoms with E-state index >= 15 is 4.39 Å². The molecular weight excluding hydrogens is 478 g/mol. The van der Waals surface area contributed by atoms with Crippen molar-refractivity contribution >= 4 is 5.95 Å². The van der Waals surface area contributed by atoms with Crippen LogP contribution in [-0.2, 0) is 0 Å². The van der Waals surface area contributed by atoms with Gasteiger partial charge in [-0.1, -0.05) is 6.07 Å². The molecule has 2 saturated heterocycles. The molecule has 3 aromatic rings. The van der Waals surface area contributed by atoms with Crippen LogP contribution >= 0.6 is 0 Å². The number of fused-ring (bicyclic) bond motifs is 2. The summed E-state index contributed by atoms with van der Waals surface area (Å²) in [6, 6.07) is 6.14. The fraction of sp³-hybridized carbons (Fsp3) is 0.481. The first-order valence-electron chi connectivity index (χ1n) is 12.6. The smallest absolute Gasteiger partial charge is 0.245 e. The van der Waals surface area contributed by atoms with E-state index < -0.39 is 17.5 Å². The highest BCUT2D eigenvalue weighted by molar-refractivity contribution is 5.74. The Bertz CT molecular complexity index is 1340. The maximum Gasteiger partial charge on any atom is 0.245 e. The minimum Gasteiger partial charge on any atom is -0.507 e. The summed E-state index contributed by atoms with van der Waals surface area (Å²) in [5, 5.41) is 23.0. The number of phenolic OH excluding ortho intramolecular Hbond substituents is 1. The SMILES string of the molecule is COc1cc(-c2ccc(-c3cnc(N(C4CC4)[C@H]4C[C@]5(C)CC[C@@](C)(N5)[C@H]4F)nn3)c(O)c2)c(F)cn1. The molecule has 2 bridgehead atoms. The molecule has 194 valence electrons. The number of aromatic nitrogens is 4. The van der Waals surface area contributed by atoms with E-state index in [1.54, 1.807) is 18.3 Å². The fourth-order valence-electron chi connectivity index (χ4n) is 6.05. The molecule has 0 radical (unpaired) electrons. The number of methoxy groups -OCH3 is 1. The van der Waals surface area contributed by atoms with Crippen LogP contribution < -0.4 is 15.0 Å². The Morgan fingerprint density at radius 1 is 1.08 bits per heavy atom. The number of anilines is 1. The monoisotopic (exact) mass is 508 g/mol. The maximum atomic E-state index is 15.8.